The van der Waals surface area contributed by atoms with Gasteiger partial charge in [0.2, 0.25) is 0 Å². The highest BCUT2D eigenvalue weighted by molar-refractivity contribution is 6.40. The van der Waals surface area contributed by atoms with Crippen molar-refractivity contribution in [1.29, 1.82) is 0 Å². The Kier molecular flexibility index (Phi) is 7.15. The molecule has 0 aliphatic heterocycles. The summed E-state index contributed by atoms with van der Waals surface area (Å²) in [5.41, 5.74) is 2.10. The molecular formula is C27H22Cl2N3O4-. The lowest BCUT2D eigenvalue weighted by Crippen LogP contribution is -2.51. The van der Waals surface area contributed by atoms with Gasteiger partial charge in [0.25, 0.3) is 5.91 Å². The van der Waals surface area contributed by atoms with Crippen LogP contribution in [0, 0.1) is 15.9 Å². The first-order valence-corrected chi connectivity index (χ1v) is 11.9. The molecule has 0 saturated carbocycles. The predicted octanol–water partition coefficient (Wildman–Crippen LogP) is 3.67. The number of nitrogens with one attached hydrogen (secondary N) is 2. The molecule has 2 unspecified atom stereocenters. The maximum atomic E-state index is 12.0. The van der Waals surface area contributed by atoms with Crippen LogP contribution >= 0.6 is 23.2 Å². The molecule has 0 saturated heterocycles. The van der Waals surface area contributed by atoms with E-state index in [1.54, 1.807) is 0 Å². The fourth-order valence-corrected chi connectivity index (χ4v) is 4.43. The molecule has 1 aromatic heterocycles. The minimum atomic E-state index is -1.18. The fourth-order valence-electron chi connectivity index (χ4n) is 3.89. The van der Waals surface area contributed by atoms with Crippen molar-refractivity contribution in [3.63, 3.8) is 0 Å². The van der Waals surface area contributed by atoms with Crippen molar-refractivity contribution in [1.82, 2.24) is 10.3 Å². The van der Waals surface area contributed by atoms with Gasteiger partial charge in [-0.15, -0.1) is 0 Å². The van der Waals surface area contributed by atoms with Crippen LogP contribution in [0.1, 0.15) is 29.8 Å². The van der Waals surface area contributed by atoms with Crippen LogP contribution in [0.3, 0.4) is 0 Å². The van der Waals surface area contributed by atoms with Crippen LogP contribution in [0.4, 0.5) is 5.69 Å². The number of aliphatic carboxylic acids is 1. The maximum absolute atomic E-state index is 12.0. The second-order valence-corrected chi connectivity index (χ2v) is 9.61. The molecule has 1 aromatic carbocycles. The molecule has 36 heavy (non-hydrogen) atoms. The molecule has 0 bridgehead atoms. The summed E-state index contributed by atoms with van der Waals surface area (Å²) in [6.07, 6.45) is 4.81. The van der Waals surface area contributed by atoms with Gasteiger partial charge < -0.3 is 20.5 Å². The minimum Gasteiger partial charge on any atom is -0.548 e. The third-order valence-corrected chi connectivity index (χ3v) is 6.77. The zero-order valence-corrected chi connectivity index (χ0v) is 21.0. The Morgan fingerprint density at radius 3 is 2.25 bits per heavy atom. The molecule has 5 rings (SSSR count). The van der Waals surface area contributed by atoms with E-state index in [2.05, 4.69) is 15.6 Å². The zero-order valence-electron chi connectivity index (χ0n) is 19.5. The summed E-state index contributed by atoms with van der Waals surface area (Å²) in [4.78, 5) is 38.3. The third-order valence-electron chi connectivity index (χ3n) is 6.20. The topological polar surface area (TPSA) is 111 Å². The molecule has 0 fully saturated rings. The summed E-state index contributed by atoms with van der Waals surface area (Å²) >= 11 is 11.8. The predicted molar refractivity (Wildman–Crippen MR) is 135 cm³/mol. The number of allylic oxidation sites excluding steroid dienone is 2. The van der Waals surface area contributed by atoms with Crippen LogP contribution in [0.2, 0.25) is 10.0 Å². The molecule has 3 aliphatic carbocycles. The average molecular weight is 523 g/mol. The van der Waals surface area contributed by atoms with E-state index in [1.807, 2.05) is 55.5 Å². The molecule has 2 aromatic rings. The Bertz CT molecular complexity index is 1470. The van der Waals surface area contributed by atoms with Gasteiger partial charge in [-0.3, -0.25) is 14.6 Å². The molecule has 0 radical (unpaired) electrons. The fraction of sp³-hybridized carbons (Fsp3) is 0.185. The Morgan fingerprint density at radius 1 is 1.08 bits per heavy atom. The Labute approximate surface area is 217 Å². The average Bonchev–Trinajstić information content (AvgIpc) is 2.82. The van der Waals surface area contributed by atoms with E-state index < -0.39 is 17.4 Å². The molecule has 1 heterocycles. The standard InChI is InChI=1S/C15H17NO3.C12H6Cl2N2O/c1-10(14(18)19)16-12-8-13(17)15(12,2)9-11-6-4-3-5-7-11;13-8-4-15-5-9(14)11(8)12(17)16-10-3-6-1-2-7(6)10/h3-8,10,16H,9H2,1-2H3,(H,18,19);1-5H,(H,16,17)/p-1. The van der Waals surface area contributed by atoms with Gasteiger partial charge in [-0.2, -0.15) is 0 Å². The SMILES string of the molecule is CC(NC1=CC(=O)C1(C)Cc1ccccc1)C(=O)[O-].O=C(Nc1cc2ccc1=2)c1c(Cl)cncc1Cl. The largest absolute Gasteiger partial charge is 0.548 e. The van der Waals surface area contributed by atoms with E-state index in [4.69, 9.17) is 23.2 Å². The van der Waals surface area contributed by atoms with Crippen LogP contribution in [0.25, 0.3) is 0 Å². The van der Waals surface area contributed by atoms with Crippen molar-refractivity contribution < 1.29 is 19.5 Å². The number of benzene rings is 2. The Balaban J connectivity index is 0.000000170. The van der Waals surface area contributed by atoms with Crippen molar-refractivity contribution in [2.75, 3.05) is 5.32 Å². The van der Waals surface area contributed by atoms with Crippen molar-refractivity contribution >= 4 is 46.5 Å². The molecule has 9 heteroatoms. The summed E-state index contributed by atoms with van der Waals surface area (Å²) in [5.74, 6) is -1.48. The van der Waals surface area contributed by atoms with E-state index in [9.17, 15) is 19.5 Å². The summed E-state index contributed by atoms with van der Waals surface area (Å²) < 4.78 is 0. The lowest BCUT2D eigenvalue weighted by atomic mass is 9.69. The van der Waals surface area contributed by atoms with Crippen molar-refractivity contribution in [3.05, 3.63) is 104 Å². The van der Waals surface area contributed by atoms with Crippen molar-refractivity contribution in [2.45, 2.75) is 26.3 Å². The quantitative estimate of drug-likeness (QED) is 0.383. The van der Waals surface area contributed by atoms with Crippen LogP contribution in [-0.4, -0.2) is 28.7 Å². The van der Waals surface area contributed by atoms with Gasteiger partial charge in [-0.25, -0.2) is 0 Å². The number of carboxylic acids is 1. The molecule has 1 amide bonds. The Hall–Kier alpha value is -3.68. The van der Waals surface area contributed by atoms with E-state index >= 15 is 0 Å². The van der Waals surface area contributed by atoms with Crippen molar-refractivity contribution in [2.24, 2.45) is 5.41 Å². The smallest absolute Gasteiger partial charge is 0.258 e. The monoisotopic (exact) mass is 522 g/mol. The maximum Gasteiger partial charge on any atom is 0.258 e. The normalized spacial score (nSPS) is 17.6. The zero-order chi connectivity index (χ0) is 26.0. The van der Waals surface area contributed by atoms with Crippen LogP contribution in [0.5, 0.6) is 0 Å². The lowest BCUT2D eigenvalue weighted by Gasteiger charge is -2.39. The number of ketones is 1. The number of hydrogen-bond acceptors (Lipinski definition) is 6. The molecular weight excluding hydrogens is 501 g/mol. The van der Waals surface area contributed by atoms with Crippen LogP contribution in [0.15, 0.2) is 72.7 Å². The summed E-state index contributed by atoms with van der Waals surface area (Å²) in [6, 6.07) is 14.7. The Morgan fingerprint density at radius 2 is 1.75 bits per heavy atom. The highest BCUT2D eigenvalue weighted by Crippen LogP contribution is 2.39. The molecule has 2 atom stereocenters. The molecule has 184 valence electrons. The molecule has 3 aliphatic rings. The van der Waals surface area contributed by atoms with Crippen molar-refractivity contribution in [3.8, 4) is 0 Å². The van der Waals surface area contributed by atoms with Gasteiger partial charge in [0.15, 0.2) is 5.78 Å². The number of carboxylic acid groups (broad SMARTS) is 1. The second-order valence-electron chi connectivity index (χ2n) is 8.79. The number of anilines is 1. The highest BCUT2D eigenvalue weighted by Gasteiger charge is 2.44. The van der Waals surface area contributed by atoms with Gasteiger partial charge in [-0.05, 0) is 37.1 Å². The van der Waals surface area contributed by atoms with Gasteiger partial charge in [-0.1, -0.05) is 65.7 Å². The second kappa shape index (κ2) is 10.1. The van der Waals surface area contributed by atoms with E-state index in [0.29, 0.717) is 12.1 Å². The number of pyridine rings is 1. The summed E-state index contributed by atoms with van der Waals surface area (Å²) in [6.45, 7) is 3.33. The summed E-state index contributed by atoms with van der Waals surface area (Å²) in [7, 11) is 0. The molecule has 2 N–H and O–H groups in total. The minimum absolute atomic E-state index is 0.0180. The third kappa shape index (κ3) is 4.98. The highest BCUT2D eigenvalue weighted by atomic mass is 35.5. The van der Waals surface area contributed by atoms with E-state index in [1.165, 1.54) is 25.4 Å². The number of carbonyl (C=O) groups is 3. The number of halogens is 2. The van der Waals surface area contributed by atoms with Crippen LogP contribution < -0.4 is 15.7 Å². The lowest BCUT2D eigenvalue weighted by molar-refractivity contribution is -0.307. The van der Waals surface area contributed by atoms with Gasteiger partial charge in [0.1, 0.15) is 0 Å². The number of aromatic nitrogens is 1. The van der Waals surface area contributed by atoms with Crippen LogP contribution in [-0.2, 0) is 16.0 Å². The van der Waals surface area contributed by atoms with E-state index in [0.717, 1.165) is 21.7 Å². The van der Waals surface area contributed by atoms with Gasteiger partial charge in [0.05, 0.1) is 33.0 Å². The van der Waals surface area contributed by atoms with Gasteiger partial charge >= 0.3 is 0 Å². The number of hydrogen-bond donors (Lipinski definition) is 2. The number of nitrogens with zero attached hydrogens (tertiary/aromatic N) is 1. The number of rotatable bonds is 7. The van der Waals surface area contributed by atoms with E-state index in [-0.39, 0.29) is 27.3 Å². The first-order valence-electron chi connectivity index (χ1n) is 11.1. The number of carbonyl (C=O) groups excluding carboxylic acids is 3. The summed E-state index contributed by atoms with van der Waals surface area (Å²) in [5, 5.41) is 19.1. The first-order chi connectivity index (χ1) is 17.1. The first kappa shape index (κ1) is 25.4. The van der Waals surface area contributed by atoms with Gasteiger partial charge in [0, 0.05) is 35.1 Å². The molecule has 0 spiro atoms. The number of amides is 1. The molecule has 7 nitrogen and oxygen atoms in total.